The predicted molar refractivity (Wildman–Crippen MR) is 49.7 cm³/mol. The molecule has 7 nitrogen and oxygen atoms in total. The fraction of sp³-hybridized carbons (Fsp3) is 0.111. The first-order valence-corrected chi connectivity index (χ1v) is 4.03. The highest BCUT2D eigenvalue weighted by Gasteiger charge is 2.15. The van der Waals surface area contributed by atoms with Gasteiger partial charge in [-0.15, -0.1) is 0 Å². The number of benzene rings is 1. The summed E-state index contributed by atoms with van der Waals surface area (Å²) in [5, 5.41) is 17.0. The quantitative estimate of drug-likeness (QED) is 0.592. The van der Waals surface area contributed by atoms with Gasteiger partial charge in [-0.25, -0.2) is 14.5 Å². The summed E-state index contributed by atoms with van der Waals surface area (Å²) in [6.07, 6.45) is -1.68. The van der Waals surface area contributed by atoms with Crippen molar-refractivity contribution in [3.63, 3.8) is 0 Å². The molecule has 0 heterocycles. The number of carboxylic acids is 1. The largest absolute Gasteiger partial charge is 0.547 e. The fourth-order valence-electron chi connectivity index (χ4n) is 0.956. The van der Waals surface area contributed by atoms with E-state index in [9.17, 15) is 9.59 Å². The van der Waals surface area contributed by atoms with Crippen LogP contribution >= 0.6 is 0 Å². The average molecular weight is 228 g/mol. The number of carboxylic acid groups (broad SMARTS) is 2. The Bertz CT molecular complexity index is 412. The maximum absolute atomic E-state index is 10.7. The van der Waals surface area contributed by atoms with Crippen molar-refractivity contribution < 1.29 is 34.3 Å². The van der Waals surface area contributed by atoms with Gasteiger partial charge in [0, 0.05) is 6.07 Å². The van der Waals surface area contributed by atoms with Gasteiger partial charge >= 0.3 is 12.1 Å². The van der Waals surface area contributed by atoms with Crippen molar-refractivity contribution in [3.8, 4) is 11.5 Å². The summed E-state index contributed by atoms with van der Waals surface area (Å²) in [5.41, 5.74) is -0.234. The average Bonchev–Trinajstić information content (AvgIpc) is 2.25. The summed E-state index contributed by atoms with van der Waals surface area (Å²) in [6, 6.07) is 3.81. The predicted octanol–water partition coefficient (Wildman–Crippen LogP) is 1.38. The highest BCUT2D eigenvalue weighted by molar-refractivity contribution is 5.91. The Morgan fingerprint density at radius 3 is 2.44 bits per heavy atom. The van der Waals surface area contributed by atoms with Gasteiger partial charge in [0.2, 0.25) is 0 Å². The first kappa shape index (κ1) is 11.6. The zero-order valence-corrected chi connectivity index (χ0v) is 8.17. The standard InChI is InChI=1S/C9H8O7/c1-14-5-2-3-6(8(10)11)7(4-5)15-16-9(12)13/h2-4H,1H3,(H,10,11)(H,12,13). The summed E-state index contributed by atoms with van der Waals surface area (Å²) >= 11 is 0. The second-order valence-electron chi connectivity index (χ2n) is 2.60. The Morgan fingerprint density at radius 2 is 1.94 bits per heavy atom. The second kappa shape index (κ2) is 4.87. The molecule has 0 saturated heterocycles. The molecule has 0 bridgehead atoms. The molecule has 0 saturated carbocycles. The van der Waals surface area contributed by atoms with Crippen LogP contribution in [0.3, 0.4) is 0 Å². The SMILES string of the molecule is COc1ccc(C(=O)O)c(OOC(=O)O)c1. The zero-order valence-electron chi connectivity index (χ0n) is 8.17. The van der Waals surface area contributed by atoms with E-state index in [1.54, 1.807) is 0 Å². The monoisotopic (exact) mass is 228 g/mol. The number of methoxy groups -OCH3 is 1. The molecule has 0 amide bonds. The van der Waals surface area contributed by atoms with Gasteiger partial charge in [0.15, 0.2) is 5.75 Å². The minimum absolute atomic E-state index is 0.234. The number of ether oxygens (including phenoxy) is 1. The fourth-order valence-corrected chi connectivity index (χ4v) is 0.956. The van der Waals surface area contributed by atoms with E-state index in [4.69, 9.17) is 14.9 Å². The Balaban J connectivity index is 3.00. The number of carbonyl (C=O) groups is 2. The Morgan fingerprint density at radius 1 is 1.25 bits per heavy atom. The third-order valence-electron chi connectivity index (χ3n) is 1.62. The van der Waals surface area contributed by atoms with E-state index in [2.05, 4.69) is 9.78 Å². The molecule has 0 aliphatic heterocycles. The van der Waals surface area contributed by atoms with Crippen LogP contribution < -0.4 is 9.62 Å². The van der Waals surface area contributed by atoms with Crippen LogP contribution in [0.25, 0.3) is 0 Å². The number of hydrogen-bond acceptors (Lipinski definition) is 5. The molecule has 0 fully saturated rings. The van der Waals surface area contributed by atoms with Crippen LogP contribution in [0.1, 0.15) is 10.4 Å². The lowest BCUT2D eigenvalue weighted by molar-refractivity contribution is -0.161. The molecule has 2 N–H and O–H groups in total. The first-order chi connectivity index (χ1) is 7.54. The maximum atomic E-state index is 10.7. The van der Waals surface area contributed by atoms with Crippen LogP contribution in [0.2, 0.25) is 0 Å². The van der Waals surface area contributed by atoms with Gasteiger partial charge < -0.3 is 14.9 Å². The molecule has 1 aromatic rings. The summed E-state index contributed by atoms with van der Waals surface area (Å²) in [6.45, 7) is 0. The van der Waals surface area contributed by atoms with Crippen LogP contribution in [0.15, 0.2) is 18.2 Å². The van der Waals surface area contributed by atoms with E-state index in [1.807, 2.05) is 0 Å². The number of hydrogen-bond donors (Lipinski definition) is 2. The van der Waals surface area contributed by atoms with Gasteiger partial charge in [-0.2, -0.15) is 0 Å². The van der Waals surface area contributed by atoms with E-state index in [1.165, 1.54) is 25.3 Å². The number of rotatable bonds is 4. The van der Waals surface area contributed by atoms with Crippen molar-refractivity contribution in [2.24, 2.45) is 0 Å². The van der Waals surface area contributed by atoms with Crippen molar-refractivity contribution in [1.29, 1.82) is 0 Å². The van der Waals surface area contributed by atoms with Gasteiger partial charge in [-0.05, 0) is 12.1 Å². The van der Waals surface area contributed by atoms with Gasteiger partial charge in [0.25, 0.3) is 0 Å². The molecule has 0 aromatic heterocycles. The van der Waals surface area contributed by atoms with E-state index in [0.717, 1.165) is 0 Å². The Labute approximate surface area is 89.7 Å². The minimum atomic E-state index is -1.68. The lowest BCUT2D eigenvalue weighted by Crippen LogP contribution is -2.08. The van der Waals surface area contributed by atoms with E-state index in [0.29, 0.717) is 5.75 Å². The maximum Gasteiger partial charge on any atom is 0.547 e. The third kappa shape index (κ3) is 2.77. The molecule has 0 spiro atoms. The van der Waals surface area contributed by atoms with Crippen LogP contribution in [0.4, 0.5) is 4.79 Å². The van der Waals surface area contributed by atoms with E-state index in [-0.39, 0.29) is 11.3 Å². The van der Waals surface area contributed by atoms with Crippen LogP contribution in [-0.4, -0.2) is 29.4 Å². The van der Waals surface area contributed by atoms with Crippen molar-refractivity contribution in [2.45, 2.75) is 0 Å². The van der Waals surface area contributed by atoms with Gasteiger partial charge in [0.1, 0.15) is 11.3 Å². The molecule has 0 aliphatic carbocycles. The molecule has 16 heavy (non-hydrogen) atoms. The molecule has 0 unspecified atom stereocenters. The van der Waals surface area contributed by atoms with E-state index < -0.39 is 12.1 Å². The normalized spacial score (nSPS) is 9.31. The Kier molecular flexibility index (Phi) is 3.54. The summed E-state index contributed by atoms with van der Waals surface area (Å²) < 4.78 is 4.82. The van der Waals surface area contributed by atoms with Gasteiger partial charge in [0.05, 0.1) is 7.11 Å². The third-order valence-corrected chi connectivity index (χ3v) is 1.62. The zero-order chi connectivity index (χ0) is 12.1. The van der Waals surface area contributed by atoms with Crippen molar-refractivity contribution in [1.82, 2.24) is 0 Å². The van der Waals surface area contributed by atoms with Crippen molar-refractivity contribution in [2.75, 3.05) is 7.11 Å². The van der Waals surface area contributed by atoms with Gasteiger partial charge in [-0.1, -0.05) is 0 Å². The lowest BCUT2D eigenvalue weighted by Gasteiger charge is -2.06. The van der Waals surface area contributed by atoms with Crippen LogP contribution in [0.5, 0.6) is 11.5 Å². The van der Waals surface area contributed by atoms with Gasteiger partial charge in [-0.3, -0.25) is 4.89 Å². The molecular weight excluding hydrogens is 220 g/mol. The summed E-state index contributed by atoms with van der Waals surface area (Å²) in [5.74, 6) is -1.21. The molecule has 0 aliphatic rings. The molecule has 86 valence electrons. The summed E-state index contributed by atoms with van der Waals surface area (Å²) in [7, 11) is 1.37. The Hall–Kier alpha value is -2.44. The topological polar surface area (TPSA) is 102 Å². The molecule has 0 radical (unpaired) electrons. The second-order valence-corrected chi connectivity index (χ2v) is 2.60. The minimum Gasteiger partial charge on any atom is -0.497 e. The highest BCUT2D eigenvalue weighted by atomic mass is 17.2. The van der Waals surface area contributed by atoms with Crippen molar-refractivity contribution in [3.05, 3.63) is 23.8 Å². The highest BCUT2D eigenvalue weighted by Crippen LogP contribution is 2.25. The molecule has 0 atom stereocenters. The molecule has 7 heteroatoms. The summed E-state index contributed by atoms with van der Waals surface area (Å²) in [4.78, 5) is 29.0. The molecular formula is C9H8O7. The molecule has 1 aromatic carbocycles. The van der Waals surface area contributed by atoms with Crippen LogP contribution in [0, 0.1) is 0 Å². The first-order valence-electron chi connectivity index (χ1n) is 4.03. The smallest absolute Gasteiger partial charge is 0.497 e. The van der Waals surface area contributed by atoms with Crippen LogP contribution in [-0.2, 0) is 4.89 Å². The molecule has 1 rings (SSSR count). The number of aromatic carboxylic acids is 1. The van der Waals surface area contributed by atoms with E-state index >= 15 is 0 Å². The van der Waals surface area contributed by atoms with Crippen molar-refractivity contribution >= 4 is 12.1 Å². The lowest BCUT2D eigenvalue weighted by atomic mass is 10.2.